The van der Waals surface area contributed by atoms with E-state index in [2.05, 4.69) is 9.71 Å². The number of rotatable bonds is 6. The van der Waals surface area contributed by atoms with Crippen LogP contribution in [0.25, 0.3) is 10.9 Å². The number of Topliss-reactive ketones (excluding diaryl/α,β-unsaturated/α-hetero) is 1. The maximum absolute atomic E-state index is 12.6. The standard InChI is InChI=1S/C21H22N2O5S/c1-12-9-13(2)17-11-19(22-18(17)10-12)21(25)28-14(3)20(24)15-5-7-16(8-6-15)23-29(4,26)27/h5-11,14,22-23H,1-4H3. The number of sulfonamides is 1. The highest BCUT2D eigenvalue weighted by Gasteiger charge is 2.22. The Labute approximate surface area is 169 Å². The molecule has 0 bridgehead atoms. The molecule has 2 aromatic carbocycles. The number of nitrogens with one attached hydrogen (secondary N) is 2. The van der Waals surface area contributed by atoms with Gasteiger partial charge in [-0.2, -0.15) is 0 Å². The number of benzene rings is 2. The van der Waals surface area contributed by atoms with Crippen molar-refractivity contribution in [3.63, 3.8) is 0 Å². The Bertz CT molecular complexity index is 1190. The molecule has 1 atom stereocenters. The first-order valence-electron chi connectivity index (χ1n) is 8.96. The van der Waals surface area contributed by atoms with E-state index in [4.69, 9.17) is 4.74 Å². The van der Waals surface area contributed by atoms with Crippen LogP contribution >= 0.6 is 0 Å². The molecule has 3 rings (SSSR count). The van der Waals surface area contributed by atoms with E-state index in [1.54, 1.807) is 6.07 Å². The van der Waals surface area contributed by atoms with E-state index in [-0.39, 0.29) is 11.5 Å². The van der Waals surface area contributed by atoms with Crippen LogP contribution in [0.15, 0.2) is 42.5 Å². The van der Waals surface area contributed by atoms with Gasteiger partial charge in [0.25, 0.3) is 0 Å². The number of aromatic nitrogens is 1. The number of anilines is 1. The number of esters is 1. The Balaban J connectivity index is 1.72. The molecule has 0 radical (unpaired) electrons. The lowest BCUT2D eigenvalue weighted by atomic mass is 10.1. The van der Waals surface area contributed by atoms with Gasteiger partial charge in [-0.15, -0.1) is 0 Å². The number of H-pyrrole nitrogens is 1. The molecular weight excluding hydrogens is 392 g/mol. The molecule has 29 heavy (non-hydrogen) atoms. The molecular formula is C21H22N2O5S. The number of carbonyl (C=O) groups excluding carboxylic acids is 2. The largest absolute Gasteiger partial charge is 0.450 e. The Kier molecular flexibility index (Phi) is 5.48. The third kappa shape index (κ3) is 4.83. The normalized spacial score (nSPS) is 12.6. The van der Waals surface area contributed by atoms with E-state index in [1.807, 2.05) is 26.0 Å². The Morgan fingerprint density at radius 3 is 2.34 bits per heavy atom. The van der Waals surface area contributed by atoms with Crippen LogP contribution in [-0.2, 0) is 14.8 Å². The average molecular weight is 414 g/mol. The number of fused-ring (bicyclic) bond motifs is 1. The highest BCUT2D eigenvalue weighted by atomic mass is 32.2. The van der Waals surface area contributed by atoms with Crippen molar-refractivity contribution in [2.24, 2.45) is 0 Å². The predicted octanol–water partition coefficient (Wildman–Crippen LogP) is 3.58. The van der Waals surface area contributed by atoms with Gasteiger partial charge in [-0.25, -0.2) is 13.2 Å². The highest BCUT2D eigenvalue weighted by Crippen LogP contribution is 2.22. The molecule has 0 aliphatic rings. The van der Waals surface area contributed by atoms with Crippen LogP contribution in [0, 0.1) is 13.8 Å². The third-order valence-electron chi connectivity index (χ3n) is 4.43. The zero-order chi connectivity index (χ0) is 21.3. The van der Waals surface area contributed by atoms with E-state index >= 15 is 0 Å². The Hall–Kier alpha value is -3.13. The highest BCUT2D eigenvalue weighted by molar-refractivity contribution is 7.92. The number of hydrogen-bond acceptors (Lipinski definition) is 5. The second kappa shape index (κ2) is 7.71. The van der Waals surface area contributed by atoms with E-state index in [9.17, 15) is 18.0 Å². The quantitative estimate of drug-likeness (QED) is 0.474. The molecule has 0 saturated carbocycles. The molecule has 0 fully saturated rings. The van der Waals surface area contributed by atoms with E-state index in [0.717, 1.165) is 28.3 Å². The maximum Gasteiger partial charge on any atom is 0.355 e. The summed E-state index contributed by atoms with van der Waals surface area (Å²) in [5.74, 6) is -0.998. The summed E-state index contributed by atoms with van der Waals surface area (Å²) in [6.07, 6.45) is 0.0471. The molecule has 0 aliphatic heterocycles. The number of carbonyl (C=O) groups is 2. The van der Waals surface area contributed by atoms with E-state index in [0.29, 0.717) is 11.3 Å². The lowest BCUT2D eigenvalue weighted by molar-refractivity contribution is 0.0314. The molecule has 0 saturated heterocycles. The lowest BCUT2D eigenvalue weighted by Gasteiger charge is -2.12. The molecule has 7 nitrogen and oxygen atoms in total. The van der Waals surface area contributed by atoms with Crippen LogP contribution in [0.1, 0.15) is 38.9 Å². The summed E-state index contributed by atoms with van der Waals surface area (Å²) in [5.41, 5.74) is 3.89. The lowest BCUT2D eigenvalue weighted by Crippen LogP contribution is -2.24. The second-order valence-electron chi connectivity index (χ2n) is 7.09. The van der Waals surface area contributed by atoms with Gasteiger partial charge in [0, 0.05) is 22.2 Å². The van der Waals surface area contributed by atoms with Crippen molar-refractivity contribution in [3.8, 4) is 0 Å². The fourth-order valence-corrected chi connectivity index (χ4v) is 3.70. The predicted molar refractivity (Wildman–Crippen MR) is 112 cm³/mol. The molecule has 1 aromatic heterocycles. The van der Waals surface area contributed by atoms with Gasteiger partial charge in [0.15, 0.2) is 6.10 Å². The van der Waals surface area contributed by atoms with Gasteiger partial charge in [-0.1, -0.05) is 6.07 Å². The van der Waals surface area contributed by atoms with Crippen molar-refractivity contribution in [1.82, 2.24) is 4.98 Å². The van der Waals surface area contributed by atoms with Crippen molar-refractivity contribution in [2.75, 3.05) is 11.0 Å². The molecule has 1 heterocycles. The number of ketones is 1. The second-order valence-corrected chi connectivity index (χ2v) is 8.84. The molecule has 3 aromatic rings. The summed E-state index contributed by atoms with van der Waals surface area (Å²) in [4.78, 5) is 28.1. The zero-order valence-corrected chi connectivity index (χ0v) is 17.4. The van der Waals surface area contributed by atoms with Crippen LogP contribution in [0.2, 0.25) is 0 Å². The van der Waals surface area contributed by atoms with Gasteiger partial charge in [0.05, 0.1) is 6.26 Å². The van der Waals surface area contributed by atoms with Gasteiger partial charge in [0.2, 0.25) is 15.8 Å². The number of hydrogen-bond donors (Lipinski definition) is 2. The number of aryl methyl sites for hydroxylation is 2. The minimum Gasteiger partial charge on any atom is -0.450 e. The molecule has 1 unspecified atom stereocenters. The smallest absolute Gasteiger partial charge is 0.355 e. The first kappa shape index (κ1) is 20.6. The minimum absolute atomic E-state index is 0.279. The first-order chi connectivity index (χ1) is 13.5. The van der Waals surface area contributed by atoms with E-state index in [1.165, 1.54) is 31.2 Å². The summed E-state index contributed by atoms with van der Waals surface area (Å²) < 4.78 is 30.2. The van der Waals surface area contributed by atoms with Gasteiger partial charge < -0.3 is 9.72 Å². The monoisotopic (exact) mass is 414 g/mol. The molecule has 2 N–H and O–H groups in total. The zero-order valence-electron chi connectivity index (χ0n) is 16.6. The van der Waals surface area contributed by atoms with Crippen molar-refractivity contribution in [3.05, 3.63) is 64.8 Å². The van der Waals surface area contributed by atoms with Crippen LogP contribution in [0.4, 0.5) is 5.69 Å². The summed E-state index contributed by atoms with van der Waals surface area (Å²) in [5, 5.41) is 0.926. The van der Waals surface area contributed by atoms with Crippen molar-refractivity contribution >= 4 is 38.4 Å². The fraction of sp³-hybridized carbons (Fsp3) is 0.238. The van der Waals surface area contributed by atoms with Crippen LogP contribution in [-0.4, -0.2) is 37.5 Å². The third-order valence-corrected chi connectivity index (χ3v) is 5.04. The molecule has 0 spiro atoms. The maximum atomic E-state index is 12.6. The van der Waals surface area contributed by atoms with Crippen molar-refractivity contribution in [1.29, 1.82) is 0 Å². The number of ether oxygens (including phenoxy) is 1. The minimum atomic E-state index is -3.40. The van der Waals surface area contributed by atoms with Gasteiger partial charge >= 0.3 is 5.97 Å². The fourth-order valence-electron chi connectivity index (χ4n) is 3.14. The van der Waals surface area contributed by atoms with Crippen LogP contribution < -0.4 is 4.72 Å². The molecule has 8 heteroatoms. The van der Waals surface area contributed by atoms with Crippen LogP contribution in [0.3, 0.4) is 0 Å². The molecule has 0 amide bonds. The first-order valence-corrected chi connectivity index (χ1v) is 10.9. The summed E-state index contributed by atoms with van der Waals surface area (Å²) in [6.45, 7) is 5.44. The molecule has 152 valence electrons. The topological polar surface area (TPSA) is 105 Å². The van der Waals surface area contributed by atoms with E-state index < -0.39 is 22.1 Å². The summed E-state index contributed by atoms with van der Waals surface area (Å²) in [7, 11) is -3.40. The van der Waals surface area contributed by atoms with Crippen molar-refractivity contribution in [2.45, 2.75) is 26.9 Å². The number of aromatic amines is 1. The van der Waals surface area contributed by atoms with Crippen molar-refractivity contribution < 1.29 is 22.7 Å². The van der Waals surface area contributed by atoms with Crippen LogP contribution in [0.5, 0.6) is 0 Å². The van der Waals surface area contributed by atoms with Gasteiger partial charge in [0.1, 0.15) is 5.69 Å². The summed E-state index contributed by atoms with van der Waals surface area (Å²) in [6, 6.07) is 11.6. The Morgan fingerprint density at radius 2 is 1.72 bits per heavy atom. The molecule has 0 aliphatic carbocycles. The SMILES string of the molecule is Cc1cc(C)c2cc(C(=O)OC(C)C(=O)c3ccc(NS(C)(=O)=O)cc3)[nH]c2c1. The van der Waals surface area contributed by atoms with Gasteiger partial charge in [-0.05, 0) is 68.3 Å². The van der Waals surface area contributed by atoms with Gasteiger partial charge in [-0.3, -0.25) is 9.52 Å². The average Bonchev–Trinajstić information content (AvgIpc) is 3.05. The Morgan fingerprint density at radius 1 is 1.07 bits per heavy atom. The summed E-state index contributed by atoms with van der Waals surface area (Å²) >= 11 is 0.